The maximum atomic E-state index is 13.3. The molecule has 0 aliphatic carbocycles. The van der Waals surface area contributed by atoms with Crippen LogP contribution in [0.3, 0.4) is 0 Å². The van der Waals surface area contributed by atoms with Gasteiger partial charge in [-0.3, -0.25) is 4.79 Å². The molecule has 7 nitrogen and oxygen atoms in total. The number of carbonyl (C=O) groups excluding carboxylic acids is 1. The number of hydrogen-bond acceptors (Lipinski definition) is 7. The second-order valence-electron chi connectivity index (χ2n) is 9.15. The van der Waals surface area contributed by atoms with Crippen molar-refractivity contribution in [2.45, 2.75) is 32.7 Å². The van der Waals surface area contributed by atoms with E-state index in [0.717, 1.165) is 5.56 Å². The van der Waals surface area contributed by atoms with Gasteiger partial charge in [-0.05, 0) is 55.8 Å². The Morgan fingerprint density at radius 1 is 0.973 bits per heavy atom. The highest BCUT2D eigenvalue weighted by atomic mass is 16.5. The molecule has 0 aromatic heterocycles. The molecule has 0 saturated carbocycles. The fraction of sp³-hybridized carbons (Fsp3) is 0.300. The Morgan fingerprint density at radius 3 is 2.54 bits per heavy atom. The van der Waals surface area contributed by atoms with Crippen LogP contribution in [0.4, 0.5) is 0 Å². The van der Waals surface area contributed by atoms with Crippen molar-refractivity contribution in [2.75, 3.05) is 26.9 Å². The first-order valence-corrected chi connectivity index (χ1v) is 12.1. The third-order valence-corrected chi connectivity index (χ3v) is 5.83. The molecule has 0 atom stereocenters. The first-order chi connectivity index (χ1) is 17.9. The topological polar surface area (TPSA) is 83.5 Å². The van der Waals surface area contributed by atoms with Crippen molar-refractivity contribution in [3.8, 4) is 23.0 Å². The normalized spacial score (nSPS) is 13.4. The van der Waals surface area contributed by atoms with Crippen molar-refractivity contribution in [2.24, 2.45) is 0 Å². The third-order valence-electron chi connectivity index (χ3n) is 5.83. The molecule has 3 aromatic carbocycles. The van der Waals surface area contributed by atoms with Crippen LogP contribution in [0.2, 0.25) is 0 Å². The minimum Gasteiger partial charge on any atom is -0.491 e. The van der Waals surface area contributed by atoms with Crippen LogP contribution in [0.5, 0.6) is 23.0 Å². The first-order valence-electron chi connectivity index (χ1n) is 12.1. The van der Waals surface area contributed by atoms with Crippen LogP contribution in [-0.4, -0.2) is 43.4 Å². The predicted octanol–water partition coefficient (Wildman–Crippen LogP) is 5.23. The number of carbonyl (C=O) groups is 1. The Labute approximate surface area is 217 Å². The van der Waals surface area contributed by atoms with E-state index < -0.39 is 5.60 Å². The third kappa shape index (κ3) is 6.70. The van der Waals surface area contributed by atoms with Crippen LogP contribution in [-0.2, 0) is 18.0 Å². The van der Waals surface area contributed by atoms with Crippen molar-refractivity contribution in [1.29, 1.82) is 0 Å². The monoisotopic (exact) mass is 504 g/mol. The number of fused-ring (bicyclic) bond motifs is 1. The average Bonchev–Trinajstić information content (AvgIpc) is 2.90. The molecule has 0 fully saturated rings. The Bertz CT molecular complexity index is 1250. The molecule has 1 heterocycles. The van der Waals surface area contributed by atoms with E-state index in [4.69, 9.17) is 23.7 Å². The summed E-state index contributed by atoms with van der Waals surface area (Å²) in [5.74, 6) is 1.76. The van der Waals surface area contributed by atoms with E-state index in [-0.39, 0.29) is 19.0 Å². The van der Waals surface area contributed by atoms with Crippen LogP contribution < -0.4 is 18.9 Å². The number of hydrogen-bond donors (Lipinski definition) is 1. The Balaban J connectivity index is 1.55. The number of ketones is 1. The van der Waals surface area contributed by atoms with E-state index >= 15 is 0 Å². The molecule has 3 aromatic rings. The van der Waals surface area contributed by atoms with E-state index in [1.165, 1.54) is 0 Å². The molecule has 0 amide bonds. The summed E-state index contributed by atoms with van der Waals surface area (Å²) >= 11 is 0. The summed E-state index contributed by atoms with van der Waals surface area (Å²) in [6.07, 6.45) is 3.82. The lowest BCUT2D eigenvalue weighted by molar-refractivity contribution is 0.0912. The van der Waals surface area contributed by atoms with Gasteiger partial charge in [0.05, 0.1) is 24.3 Å². The molecule has 0 radical (unpaired) electrons. The van der Waals surface area contributed by atoms with Gasteiger partial charge >= 0.3 is 0 Å². The van der Waals surface area contributed by atoms with E-state index in [1.54, 1.807) is 37.4 Å². The smallest absolute Gasteiger partial charge is 0.203 e. The summed E-state index contributed by atoms with van der Waals surface area (Å²) in [5.41, 5.74) is 2.15. The van der Waals surface area contributed by atoms with Gasteiger partial charge in [0, 0.05) is 18.7 Å². The molecular formula is C30H32O7. The second kappa shape index (κ2) is 12.0. The summed E-state index contributed by atoms with van der Waals surface area (Å²) < 4.78 is 28.8. The maximum absolute atomic E-state index is 13.3. The molecule has 0 unspecified atom stereocenters. The number of aliphatic hydroxyl groups is 1. The highest BCUT2D eigenvalue weighted by Gasteiger charge is 2.26. The van der Waals surface area contributed by atoms with Gasteiger partial charge in [-0.25, -0.2) is 0 Å². The van der Waals surface area contributed by atoms with E-state index in [9.17, 15) is 9.90 Å². The zero-order chi connectivity index (χ0) is 26.3. The molecule has 4 rings (SSSR count). The van der Waals surface area contributed by atoms with Gasteiger partial charge in [0.2, 0.25) is 5.78 Å². The summed E-state index contributed by atoms with van der Waals surface area (Å²) in [6, 6.07) is 18.4. The number of aliphatic hydroxyl groups excluding tert-OH is 1. The standard InChI is InChI=1S/C30H32O7/c1-30(2)14-13-25-27(37-30)12-9-22(18-31)29(25)36-20-26(32)24-11-10-23(34-16-15-33-3)17-28(24)35-19-21-7-5-4-6-8-21/h4-14,17,31H,15-16,18-20H2,1-3H3. The minimum atomic E-state index is -0.459. The van der Waals surface area contributed by atoms with Crippen LogP contribution in [0.1, 0.15) is 40.9 Å². The Hall–Kier alpha value is -3.81. The second-order valence-corrected chi connectivity index (χ2v) is 9.15. The van der Waals surface area contributed by atoms with Crippen LogP contribution in [0.15, 0.2) is 66.7 Å². The molecule has 0 spiro atoms. The number of rotatable bonds is 12. The lowest BCUT2D eigenvalue weighted by Crippen LogP contribution is -2.27. The van der Waals surface area contributed by atoms with Gasteiger partial charge in [-0.1, -0.05) is 30.3 Å². The highest BCUT2D eigenvalue weighted by Crippen LogP contribution is 2.39. The number of ether oxygens (including phenoxy) is 5. The average molecular weight is 505 g/mol. The molecular weight excluding hydrogens is 472 g/mol. The summed E-state index contributed by atoms with van der Waals surface area (Å²) in [7, 11) is 1.61. The molecule has 1 N–H and O–H groups in total. The van der Waals surface area contributed by atoms with E-state index in [1.807, 2.05) is 56.3 Å². The van der Waals surface area contributed by atoms with Crippen molar-refractivity contribution >= 4 is 11.9 Å². The fourth-order valence-corrected chi connectivity index (χ4v) is 3.91. The summed E-state index contributed by atoms with van der Waals surface area (Å²) in [6.45, 7) is 4.55. The van der Waals surface area contributed by atoms with Gasteiger partial charge in [-0.2, -0.15) is 0 Å². The first kappa shape index (κ1) is 26.3. The molecule has 37 heavy (non-hydrogen) atoms. The fourth-order valence-electron chi connectivity index (χ4n) is 3.91. The Morgan fingerprint density at radius 2 is 1.78 bits per heavy atom. The van der Waals surface area contributed by atoms with Crippen LogP contribution >= 0.6 is 0 Å². The van der Waals surface area contributed by atoms with E-state index in [0.29, 0.717) is 59.5 Å². The van der Waals surface area contributed by atoms with Crippen LogP contribution in [0, 0.1) is 0 Å². The predicted molar refractivity (Wildman–Crippen MR) is 141 cm³/mol. The molecule has 1 aliphatic heterocycles. The lowest BCUT2D eigenvalue weighted by atomic mass is 9.99. The molecule has 1 aliphatic rings. The number of Topliss-reactive ketones (excluding diaryl/α,β-unsaturated/α-hetero) is 1. The van der Waals surface area contributed by atoms with Crippen molar-refractivity contribution < 1.29 is 33.6 Å². The molecule has 7 heteroatoms. The van der Waals surface area contributed by atoms with Gasteiger partial charge in [0.15, 0.2) is 6.61 Å². The molecule has 194 valence electrons. The quantitative estimate of drug-likeness (QED) is 0.267. The minimum absolute atomic E-state index is 0.229. The van der Waals surface area contributed by atoms with Crippen molar-refractivity contribution in [3.05, 3.63) is 89.0 Å². The highest BCUT2D eigenvalue weighted by molar-refractivity contribution is 6.00. The summed E-state index contributed by atoms with van der Waals surface area (Å²) in [4.78, 5) is 13.3. The zero-order valence-electron chi connectivity index (χ0n) is 21.4. The van der Waals surface area contributed by atoms with E-state index in [2.05, 4.69) is 0 Å². The van der Waals surface area contributed by atoms with Crippen molar-refractivity contribution in [1.82, 2.24) is 0 Å². The maximum Gasteiger partial charge on any atom is 0.203 e. The SMILES string of the molecule is COCCOc1ccc(C(=O)COc2c(CO)ccc3c2C=CC(C)(C)O3)c(OCc2ccccc2)c1. The largest absolute Gasteiger partial charge is 0.491 e. The van der Waals surface area contributed by atoms with Crippen molar-refractivity contribution in [3.63, 3.8) is 0 Å². The number of benzene rings is 3. The number of methoxy groups -OCH3 is 1. The molecule has 0 bridgehead atoms. The molecule has 0 saturated heterocycles. The Kier molecular flexibility index (Phi) is 8.48. The van der Waals surface area contributed by atoms with Gasteiger partial charge in [0.25, 0.3) is 0 Å². The van der Waals surface area contributed by atoms with Gasteiger partial charge in [-0.15, -0.1) is 0 Å². The van der Waals surface area contributed by atoms with Gasteiger partial charge < -0.3 is 28.8 Å². The summed E-state index contributed by atoms with van der Waals surface area (Å²) in [5, 5.41) is 9.87. The zero-order valence-corrected chi connectivity index (χ0v) is 21.4. The lowest BCUT2D eigenvalue weighted by Gasteiger charge is -2.29. The van der Waals surface area contributed by atoms with Gasteiger partial charge in [0.1, 0.15) is 41.8 Å². The van der Waals surface area contributed by atoms with Crippen LogP contribution in [0.25, 0.3) is 6.08 Å².